The number of hydrogen-bond donors (Lipinski definition) is 1. The van der Waals surface area contributed by atoms with Crippen molar-refractivity contribution in [3.63, 3.8) is 0 Å². The molecule has 0 spiro atoms. The number of aromatic nitrogens is 2. The number of H-pyrrole nitrogens is 1. The van der Waals surface area contributed by atoms with E-state index in [0.29, 0.717) is 18.2 Å². The van der Waals surface area contributed by atoms with Gasteiger partial charge in [-0.2, -0.15) is 5.26 Å². The molecule has 5 saturated carbocycles. The minimum atomic E-state index is 0.0948. The van der Waals surface area contributed by atoms with Crippen LogP contribution in [0.15, 0.2) is 0 Å². The second-order valence-corrected chi connectivity index (χ2v) is 9.29. The fourth-order valence-electron chi connectivity index (χ4n) is 6.63. The Kier molecular flexibility index (Phi) is 3.89. The highest BCUT2D eigenvalue weighted by molar-refractivity contribution is 5.28. The van der Waals surface area contributed by atoms with Crippen molar-refractivity contribution in [2.45, 2.75) is 88.8 Å². The number of hydrogen-bond acceptors (Lipinski definition) is 3. The van der Waals surface area contributed by atoms with Gasteiger partial charge in [0.1, 0.15) is 11.9 Å². The number of nitrogens with zero attached hydrogens (tertiary/aromatic N) is 2. The summed E-state index contributed by atoms with van der Waals surface area (Å²) in [5.74, 6) is 4.21. The summed E-state index contributed by atoms with van der Waals surface area (Å²) in [6.07, 6.45) is 14.3. The fraction of sp³-hybridized carbons (Fsp3) is 0.810. The predicted molar refractivity (Wildman–Crippen MR) is 94.8 cm³/mol. The van der Waals surface area contributed by atoms with Gasteiger partial charge in [-0.05, 0) is 69.1 Å². The van der Waals surface area contributed by atoms with Gasteiger partial charge in [0.05, 0.1) is 17.9 Å². The van der Waals surface area contributed by atoms with Gasteiger partial charge in [-0.3, -0.25) is 0 Å². The Labute approximate surface area is 150 Å². The summed E-state index contributed by atoms with van der Waals surface area (Å²) in [6.45, 7) is 0.536. The van der Waals surface area contributed by atoms with Crippen molar-refractivity contribution >= 4 is 0 Å². The van der Waals surface area contributed by atoms with Crippen molar-refractivity contribution < 1.29 is 4.74 Å². The molecule has 1 aromatic heterocycles. The minimum Gasteiger partial charge on any atom is -0.369 e. The van der Waals surface area contributed by atoms with Crippen LogP contribution in [0.4, 0.5) is 0 Å². The van der Waals surface area contributed by atoms with Gasteiger partial charge in [0.25, 0.3) is 0 Å². The van der Waals surface area contributed by atoms with Crippen molar-refractivity contribution in [1.29, 1.82) is 5.26 Å². The number of imidazole rings is 1. The number of ether oxygens (including phenoxy) is 1. The molecular formula is C21H29N3O. The van der Waals surface area contributed by atoms with Crippen LogP contribution in [-0.2, 0) is 11.3 Å². The average molecular weight is 339 g/mol. The standard InChI is InChI=1S/C21H29N3O/c22-12-18-19(24-20(23-18)17-4-2-1-3-5-17)13-25-21-9-14-6-15(10-21)8-16(7-14)11-21/h14-17H,1-11,13H2,(H,23,24). The second-order valence-electron chi connectivity index (χ2n) is 9.29. The summed E-state index contributed by atoms with van der Waals surface area (Å²) < 4.78 is 6.55. The van der Waals surface area contributed by atoms with E-state index in [1.165, 1.54) is 70.6 Å². The first-order valence-corrected chi connectivity index (χ1v) is 10.4. The molecule has 4 bridgehead atoms. The largest absolute Gasteiger partial charge is 0.369 e. The first-order valence-electron chi connectivity index (χ1n) is 10.4. The average Bonchev–Trinajstić information content (AvgIpc) is 3.03. The zero-order chi connectivity index (χ0) is 16.9. The monoisotopic (exact) mass is 339 g/mol. The van der Waals surface area contributed by atoms with E-state index >= 15 is 0 Å². The predicted octanol–water partition coefficient (Wildman–Crippen LogP) is 4.81. The van der Waals surface area contributed by atoms with E-state index in [1.54, 1.807) is 0 Å². The first-order chi connectivity index (χ1) is 12.2. The van der Waals surface area contributed by atoms with E-state index in [4.69, 9.17) is 4.74 Å². The van der Waals surface area contributed by atoms with Crippen LogP contribution in [0.5, 0.6) is 0 Å². The SMILES string of the molecule is N#Cc1nc(C2CCCCC2)[nH]c1COC12CC3CC(CC(C3)C1)C2. The van der Waals surface area contributed by atoms with E-state index in [9.17, 15) is 5.26 Å². The van der Waals surface area contributed by atoms with Gasteiger partial charge in [0.15, 0.2) is 5.69 Å². The van der Waals surface area contributed by atoms with E-state index in [2.05, 4.69) is 16.0 Å². The fourth-order valence-corrected chi connectivity index (χ4v) is 6.63. The Bertz CT molecular complexity index is 645. The van der Waals surface area contributed by atoms with Gasteiger partial charge in [-0.1, -0.05) is 19.3 Å². The summed E-state index contributed by atoms with van der Waals surface area (Å²) in [5.41, 5.74) is 1.57. The van der Waals surface area contributed by atoms with Gasteiger partial charge < -0.3 is 9.72 Å². The van der Waals surface area contributed by atoms with Crippen molar-refractivity contribution in [2.24, 2.45) is 17.8 Å². The van der Waals surface area contributed by atoms with Crippen LogP contribution in [-0.4, -0.2) is 15.6 Å². The van der Waals surface area contributed by atoms with Gasteiger partial charge in [-0.25, -0.2) is 4.98 Å². The zero-order valence-electron chi connectivity index (χ0n) is 15.1. The molecule has 1 heterocycles. The maximum Gasteiger partial charge on any atom is 0.164 e. The van der Waals surface area contributed by atoms with Crippen LogP contribution >= 0.6 is 0 Å². The summed E-state index contributed by atoms with van der Waals surface area (Å²) in [4.78, 5) is 8.10. The van der Waals surface area contributed by atoms with Gasteiger partial charge in [-0.15, -0.1) is 0 Å². The molecule has 0 radical (unpaired) electrons. The molecule has 0 amide bonds. The second kappa shape index (κ2) is 6.13. The Balaban J connectivity index is 1.31. The maximum atomic E-state index is 9.50. The normalized spacial score (nSPS) is 37.3. The van der Waals surface area contributed by atoms with Crippen LogP contribution in [0, 0.1) is 29.1 Å². The van der Waals surface area contributed by atoms with Crippen molar-refractivity contribution in [3.8, 4) is 6.07 Å². The molecule has 0 atom stereocenters. The molecule has 4 nitrogen and oxygen atoms in total. The molecule has 1 N–H and O–H groups in total. The van der Waals surface area contributed by atoms with E-state index < -0.39 is 0 Å². The highest BCUT2D eigenvalue weighted by atomic mass is 16.5. The number of aromatic amines is 1. The number of nitriles is 1. The van der Waals surface area contributed by atoms with Crippen LogP contribution in [0.25, 0.3) is 0 Å². The van der Waals surface area contributed by atoms with Gasteiger partial charge in [0, 0.05) is 5.92 Å². The Morgan fingerprint density at radius 2 is 1.68 bits per heavy atom. The smallest absolute Gasteiger partial charge is 0.164 e. The lowest BCUT2D eigenvalue weighted by Crippen LogP contribution is -2.51. The Morgan fingerprint density at radius 3 is 2.28 bits per heavy atom. The molecule has 4 heteroatoms. The lowest BCUT2D eigenvalue weighted by Gasteiger charge is -2.56. The Hall–Kier alpha value is -1.34. The van der Waals surface area contributed by atoms with Crippen molar-refractivity contribution in [2.75, 3.05) is 0 Å². The molecule has 1 aromatic rings. The summed E-state index contributed by atoms with van der Waals surface area (Å²) in [5, 5.41) is 9.50. The quantitative estimate of drug-likeness (QED) is 0.856. The first kappa shape index (κ1) is 15.9. The van der Waals surface area contributed by atoms with Crippen LogP contribution in [0.1, 0.15) is 93.8 Å². The minimum absolute atomic E-state index is 0.0948. The zero-order valence-corrected chi connectivity index (χ0v) is 15.1. The molecule has 5 aliphatic carbocycles. The van der Waals surface area contributed by atoms with E-state index in [-0.39, 0.29) is 5.60 Å². The van der Waals surface area contributed by atoms with Gasteiger partial charge >= 0.3 is 0 Å². The molecule has 5 fully saturated rings. The third-order valence-electron chi connectivity index (χ3n) is 7.40. The lowest BCUT2D eigenvalue weighted by atomic mass is 9.54. The van der Waals surface area contributed by atoms with Crippen molar-refractivity contribution in [1.82, 2.24) is 9.97 Å². The topological polar surface area (TPSA) is 61.7 Å². The number of nitrogens with one attached hydrogen (secondary N) is 1. The summed E-state index contributed by atoms with van der Waals surface area (Å²) in [7, 11) is 0. The van der Waals surface area contributed by atoms with Crippen LogP contribution < -0.4 is 0 Å². The molecule has 0 aromatic carbocycles. The number of rotatable bonds is 4. The highest BCUT2D eigenvalue weighted by Gasteiger charge is 2.51. The molecule has 0 aliphatic heterocycles. The molecule has 0 saturated heterocycles. The van der Waals surface area contributed by atoms with Crippen LogP contribution in [0.3, 0.4) is 0 Å². The third kappa shape index (κ3) is 2.91. The van der Waals surface area contributed by atoms with Crippen molar-refractivity contribution in [3.05, 3.63) is 17.2 Å². The lowest BCUT2D eigenvalue weighted by molar-refractivity contribution is -0.169. The molecular weight excluding hydrogens is 310 g/mol. The maximum absolute atomic E-state index is 9.50. The molecule has 25 heavy (non-hydrogen) atoms. The highest BCUT2D eigenvalue weighted by Crippen LogP contribution is 2.57. The summed E-state index contributed by atoms with van der Waals surface area (Å²) >= 11 is 0. The van der Waals surface area contributed by atoms with E-state index in [1.807, 2.05) is 0 Å². The molecule has 5 aliphatic rings. The molecule has 0 unspecified atom stereocenters. The van der Waals surface area contributed by atoms with Crippen LogP contribution in [0.2, 0.25) is 0 Å². The molecule has 6 rings (SSSR count). The molecule has 134 valence electrons. The summed E-state index contributed by atoms with van der Waals surface area (Å²) in [6, 6.07) is 2.29. The van der Waals surface area contributed by atoms with E-state index in [0.717, 1.165) is 29.3 Å². The third-order valence-corrected chi connectivity index (χ3v) is 7.40. The Morgan fingerprint density at radius 1 is 1.04 bits per heavy atom. The van der Waals surface area contributed by atoms with Gasteiger partial charge in [0.2, 0.25) is 0 Å².